The van der Waals surface area contributed by atoms with Crippen molar-refractivity contribution in [2.24, 2.45) is 0 Å². The summed E-state index contributed by atoms with van der Waals surface area (Å²) < 4.78 is 44.8. The summed E-state index contributed by atoms with van der Waals surface area (Å²) in [7, 11) is 0. The molecule has 0 aliphatic carbocycles. The van der Waals surface area contributed by atoms with Crippen LogP contribution in [0.1, 0.15) is 25.3 Å². The van der Waals surface area contributed by atoms with Gasteiger partial charge in [0.2, 0.25) is 0 Å². The van der Waals surface area contributed by atoms with Crippen molar-refractivity contribution >= 4 is 21.6 Å². The Morgan fingerprint density at radius 1 is 1.37 bits per heavy atom. The number of hydrogen-bond donors (Lipinski definition) is 1. The van der Waals surface area contributed by atoms with Gasteiger partial charge in [-0.3, -0.25) is 0 Å². The van der Waals surface area contributed by atoms with Gasteiger partial charge in [0, 0.05) is 22.8 Å². The van der Waals surface area contributed by atoms with Crippen LogP contribution in [-0.2, 0) is 10.9 Å². The fourth-order valence-electron chi connectivity index (χ4n) is 2.23. The molecular weight excluding hydrogens is 323 g/mol. The Morgan fingerprint density at radius 3 is 2.74 bits per heavy atom. The summed E-state index contributed by atoms with van der Waals surface area (Å²) in [5.41, 5.74) is -0.504. The molecular formula is C13H15BrF3NO. The van der Waals surface area contributed by atoms with Crippen LogP contribution in [0.2, 0.25) is 0 Å². The van der Waals surface area contributed by atoms with Gasteiger partial charge in [-0.1, -0.05) is 15.9 Å². The third-order valence-corrected chi connectivity index (χ3v) is 3.63. The first-order chi connectivity index (χ1) is 8.86. The number of rotatable bonds is 2. The molecule has 1 aliphatic rings. The van der Waals surface area contributed by atoms with Gasteiger partial charge in [0.15, 0.2) is 0 Å². The van der Waals surface area contributed by atoms with Crippen LogP contribution < -0.4 is 5.32 Å². The second kappa shape index (κ2) is 5.71. The molecule has 106 valence electrons. The minimum Gasteiger partial charge on any atom is -0.382 e. The van der Waals surface area contributed by atoms with Crippen molar-refractivity contribution in [1.82, 2.24) is 0 Å². The SMILES string of the molecule is CC1CC(Nc2cc(Br)ccc2C(F)(F)F)CCO1. The summed E-state index contributed by atoms with van der Waals surface area (Å²) in [5.74, 6) is 0. The number of ether oxygens (including phenoxy) is 1. The van der Waals surface area contributed by atoms with Crippen LogP contribution in [0, 0.1) is 0 Å². The van der Waals surface area contributed by atoms with Crippen LogP contribution >= 0.6 is 15.9 Å². The van der Waals surface area contributed by atoms with Crippen LogP contribution in [0.5, 0.6) is 0 Å². The van der Waals surface area contributed by atoms with Crippen molar-refractivity contribution < 1.29 is 17.9 Å². The standard InChI is InChI=1S/C13H15BrF3NO/c1-8-6-10(4-5-19-8)18-12-7-9(14)2-3-11(12)13(15,16)17/h2-3,7-8,10,18H,4-6H2,1H3. The zero-order chi connectivity index (χ0) is 14.0. The molecule has 1 fully saturated rings. The Hall–Kier alpha value is -0.750. The molecule has 1 aromatic carbocycles. The van der Waals surface area contributed by atoms with E-state index in [1.165, 1.54) is 12.1 Å². The quantitative estimate of drug-likeness (QED) is 0.860. The lowest BCUT2D eigenvalue weighted by Gasteiger charge is -2.29. The van der Waals surface area contributed by atoms with Gasteiger partial charge in [-0.2, -0.15) is 13.2 Å². The van der Waals surface area contributed by atoms with Gasteiger partial charge in [0.25, 0.3) is 0 Å². The molecule has 1 saturated heterocycles. The highest BCUT2D eigenvalue weighted by atomic mass is 79.9. The first-order valence-corrected chi connectivity index (χ1v) is 6.90. The molecule has 2 nitrogen and oxygen atoms in total. The maximum Gasteiger partial charge on any atom is 0.418 e. The van der Waals surface area contributed by atoms with Gasteiger partial charge in [-0.15, -0.1) is 0 Å². The fourth-order valence-corrected chi connectivity index (χ4v) is 2.59. The van der Waals surface area contributed by atoms with Gasteiger partial charge in [-0.25, -0.2) is 0 Å². The van der Waals surface area contributed by atoms with Crippen LogP contribution in [0.25, 0.3) is 0 Å². The smallest absolute Gasteiger partial charge is 0.382 e. The summed E-state index contributed by atoms with van der Waals surface area (Å²) >= 11 is 3.21. The Kier molecular flexibility index (Phi) is 4.40. The minimum atomic E-state index is -4.35. The molecule has 1 aliphatic heterocycles. The number of nitrogens with one attached hydrogen (secondary N) is 1. The molecule has 0 saturated carbocycles. The second-order valence-electron chi connectivity index (χ2n) is 4.73. The van der Waals surface area contributed by atoms with E-state index in [0.29, 0.717) is 23.9 Å². The predicted octanol–water partition coefficient (Wildman–Crippen LogP) is 4.45. The van der Waals surface area contributed by atoms with Crippen LogP contribution in [-0.4, -0.2) is 18.8 Å². The lowest BCUT2D eigenvalue weighted by atomic mass is 10.0. The van der Waals surface area contributed by atoms with E-state index in [2.05, 4.69) is 21.2 Å². The van der Waals surface area contributed by atoms with E-state index in [1.807, 2.05) is 6.92 Å². The Balaban J connectivity index is 2.21. The fraction of sp³-hybridized carbons (Fsp3) is 0.538. The highest BCUT2D eigenvalue weighted by Gasteiger charge is 2.34. The highest BCUT2D eigenvalue weighted by Crippen LogP contribution is 2.37. The molecule has 0 radical (unpaired) electrons. The van der Waals surface area contributed by atoms with E-state index in [4.69, 9.17) is 4.74 Å². The maximum absolute atomic E-state index is 12.9. The summed E-state index contributed by atoms with van der Waals surface area (Å²) in [5, 5.41) is 3.00. The van der Waals surface area contributed by atoms with Crippen molar-refractivity contribution in [3.63, 3.8) is 0 Å². The number of anilines is 1. The van der Waals surface area contributed by atoms with Crippen LogP contribution in [0.3, 0.4) is 0 Å². The predicted molar refractivity (Wildman–Crippen MR) is 71.2 cm³/mol. The lowest BCUT2D eigenvalue weighted by molar-refractivity contribution is -0.137. The van der Waals surface area contributed by atoms with Gasteiger partial charge in [0.05, 0.1) is 11.7 Å². The normalized spacial score (nSPS) is 24.3. The summed E-state index contributed by atoms with van der Waals surface area (Å²) in [6.07, 6.45) is -2.84. The summed E-state index contributed by atoms with van der Waals surface area (Å²) in [6.45, 7) is 2.51. The largest absolute Gasteiger partial charge is 0.418 e. The first kappa shape index (κ1) is 14.7. The zero-order valence-corrected chi connectivity index (χ0v) is 12.0. The molecule has 0 amide bonds. The molecule has 2 unspecified atom stereocenters. The molecule has 1 aromatic rings. The number of alkyl halides is 3. The third kappa shape index (κ3) is 3.86. The molecule has 19 heavy (non-hydrogen) atoms. The van der Waals surface area contributed by atoms with E-state index < -0.39 is 11.7 Å². The topological polar surface area (TPSA) is 21.3 Å². The van der Waals surface area contributed by atoms with Crippen molar-refractivity contribution in [3.05, 3.63) is 28.2 Å². The van der Waals surface area contributed by atoms with E-state index in [1.54, 1.807) is 0 Å². The van der Waals surface area contributed by atoms with Gasteiger partial charge in [-0.05, 0) is 38.0 Å². The Labute approximate surface area is 118 Å². The Bertz CT molecular complexity index is 450. The van der Waals surface area contributed by atoms with E-state index in [-0.39, 0.29) is 17.8 Å². The third-order valence-electron chi connectivity index (χ3n) is 3.13. The number of halogens is 4. The molecule has 0 bridgehead atoms. The number of benzene rings is 1. The Morgan fingerprint density at radius 2 is 2.11 bits per heavy atom. The van der Waals surface area contributed by atoms with Crippen LogP contribution in [0.4, 0.5) is 18.9 Å². The van der Waals surface area contributed by atoms with Crippen molar-refractivity contribution in [2.75, 3.05) is 11.9 Å². The van der Waals surface area contributed by atoms with E-state index in [9.17, 15) is 13.2 Å². The van der Waals surface area contributed by atoms with Crippen LogP contribution in [0.15, 0.2) is 22.7 Å². The number of hydrogen-bond acceptors (Lipinski definition) is 2. The monoisotopic (exact) mass is 337 g/mol. The maximum atomic E-state index is 12.9. The second-order valence-corrected chi connectivity index (χ2v) is 5.65. The molecule has 6 heteroatoms. The van der Waals surface area contributed by atoms with E-state index >= 15 is 0 Å². The summed E-state index contributed by atoms with van der Waals surface area (Å²) in [4.78, 5) is 0. The molecule has 1 heterocycles. The average Bonchev–Trinajstić information content (AvgIpc) is 2.27. The van der Waals surface area contributed by atoms with Gasteiger partial charge >= 0.3 is 6.18 Å². The molecule has 0 aromatic heterocycles. The molecule has 2 rings (SSSR count). The zero-order valence-electron chi connectivity index (χ0n) is 10.4. The first-order valence-electron chi connectivity index (χ1n) is 6.11. The van der Waals surface area contributed by atoms with Crippen molar-refractivity contribution in [2.45, 2.75) is 38.1 Å². The van der Waals surface area contributed by atoms with Gasteiger partial charge < -0.3 is 10.1 Å². The average molecular weight is 338 g/mol. The molecule has 0 spiro atoms. The van der Waals surface area contributed by atoms with Gasteiger partial charge in [0.1, 0.15) is 0 Å². The minimum absolute atomic E-state index is 0.0131. The van der Waals surface area contributed by atoms with Crippen molar-refractivity contribution in [3.8, 4) is 0 Å². The highest BCUT2D eigenvalue weighted by molar-refractivity contribution is 9.10. The molecule has 1 N–H and O–H groups in total. The van der Waals surface area contributed by atoms with E-state index in [0.717, 1.165) is 6.07 Å². The molecule has 2 atom stereocenters. The summed E-state index contributed by atoms with van der Waals surface area (Å²) in [6, 6.07) is 3.98. The lowest BCUT2D eigenvalue weighted by Crippen LogP contribution is -2.33. The van der Waals surface area contributed by atoms with Crippen molar-refractivity contribution in [1.29, 1.82) is 0 Å².